The lowest BCUT2D eigenvalue weighted by Crippen LogP contribution is -2.42. The number of nitrogens with one attached hydrogen (secondary N) is 1. The third-order valence-corrected chi connectivity index (χ3v) is 3.81. The molecular weight excluding hydrogens is 289 g/mol. The van der Waals surface area contributed by atoms with Gasteiger partial charge in [-0.25, -0.2) is 13.9 Å². The summed E-state index contributed by atoms with van der Waals surface area (Å²) in [6.07, 6.45) is 1.81. The van der Waals surface area contributed by atoms with E-state index in [1.165, 1.54) is 10.7 Å². The fourth-order valence-corrected chi connectivity index (χ4v) is 2.63. The smallest absolute Gasteiger partial charge is 0.241 e. The van der Waals surface area contributed by atoms with Gasteiger partial charge in [0.25, 0.3) is 0 Å². The van der Waals surface area contributed by atoms with Gasteiger partial charge in [0.05, 0.1) is 30.6 Å². The molecule has 0 aliphatic carbocycles. The van der Waals surface area contributed by atoms with Crippen LogP contribution in [0.2, 0.25) is 0 Å². The van der Waals surface area contributed by atoms with Crippen molar-refractivity contribution in [1.82, 2.24) is 14.6 Å². The van der Waals surface area contributed by atoms with Gasteiger partial charge in [-0.3, -0.25) is 0 Å². The molecule has 2 aromatic heterocycles. The molecule has 7 nitrogen and oxygen atoms in total. The fraction of sp³-hybridized carbons (Fsp3) is 0.500. The SMILES string of the molecule is CCc1c(C#N)c(F)c2cnc(N[C@@H]3CCOC[C@H]3O)nn12. The Morgan fingerprint density at radius 1 is 1.64 bits per heavy atom. The van der Waals surface area contributed by atoms with Crippen molar-refractivity contribution in [3.05, 3.63) is 23.3 Å². The van der Waals surface area contributed by atoms with E-state index in [4.69, 9.17) is 10.00 Å². The van der Waals surface area contributed by atoms with Crippen LogP contribution in [0.1, 0.15) is 24.6 Å². The first-order valence-electron chi connectivity index (χ1n) is 7.14. The highest BCUT2D eigenvalue weighted by molar-refractivity contribution is 5.57. The third kappa shape index (κ3) is 2.38. The molecule has 0 aromatic carbocycles. The molecule has 0 spiro atoms. The third-order valence-electron chi connectivity index (χ3n) is 3.81. The van der Waals surface area contributed by atoms with E-state index >= 15 is 0 Å². The maximum atomic E-state index is 14.1. The number of aromatic nitrogens is 3. The number of nitriles is 1. The van der Waals surface area contributed by atoms with Gasteiger partial charge in [-0.2, -0.15) is 5.26 Å². The summed E-state index contributed by atoms with van der Waals surface area (Å²) < 4.78 is 20.7. The topological polar surface area (TPSA) is 95.5 Å². The van der Waals surface area contributed by atoms with Crippen LogP contribution in [0.3, 0.4) is 0 Å². The Morgan fingerprint density at radius 2 is 2.45 bits per heavy atom. The van der Waals surface area contributed by atoms with Crippen LogP contribution in [0.4, 0.5) is 10.3 Å². The van der Waals surface area contributed by atoms with Crippen LogP contribution in [0.15, 0.2) is 6.20 Å². The number of halogens is 1. The van der Waals surface area contributed by atoms with Gasteiger partial charge in [-0.05, 0) is 12.8 Å². The summed E-state index contributed by atoms with van der Waals surface area (Å²) in [5, 5.41) is 26.3. The van der Waals surface area contributed by atoms with Gasteiger partial charge in [0.15, 0.2) is 5.82 Å². The number of aliphatic hydroxyl groups is 1. The van der Waals surface area contributed by atoms with E-state index in [1.807, 2.05) is 13.0 Å². The largest absolute Gasteiger partial charge is 0.389 e. The van der Waals surface area contributed by atoms with Crippen molar-refractivity contribution < 1.29 is 14.2 Å². The van der Waals surface area contributed by atoms with E-state index in [9.17, 15) is 9.50 Å². The predicted molar refractivity (Wildman–Crippen MR) is 75.9 cm³/mol. The molecule has 8 heteroatoms. The van der Waals surface area contributed by atoms with Crippen molar-refractivity contribution in [2.75, 3.05) is 18.5 Å². The molecule has 2 atom stereocenters. The predicted octanol–water partition coefficient (Wildman–Crippen LogP) is 0.864. The van der Waals surface area contributed by atoms with Crippen LogP contribution in [-0.4, -0.2) is 45.1 Å². The summed E-state index contributed by atoms with van der Waals surface area (Å²) in [6.45, 7) is 2.64. The average Bonchev–Trinajstić information content (AvgIpc) is 2.80. The van der Waals surface area contributed by atoms with Gasteiger partial charge in [-0.1, -0.05) is 6.92 Å². The zero-order valence-corrected chi connectivity index (χ0v) is 12.1. The molecule has 2 aromatic rings. The lowest BCUT2D eigenvalue weighted by atomic mass is 10.1. The van der Waals surface area contributed by atoms with Crippen LogP contribution in [0.5, 0.6) is 0 Å². The molecule has 3 rings (SSSR count). The Labute approximate surface area is 126 Å². The van der Waals surface area contributed by atoms with E-state index in [0.29, 0.717) is 25.1 Å². The lowest BCUT2D eigenvalue weighted by Gasteiger charge is -2.28. The summed E-state index contributed by atoms with van der Waals surface area (Å²) in [5.41, 5.74) is 0.680. The molecule has 3 heterocycles. The number of ether oxygens (including phenoxy) is 1. The standard InChI is InChI=1S/C14H16FN5O2/c1-2-10-8(5-16)13(15)11-6-17-14(19-20(10)11)18-9-3-4-22-7-12(9)21/h6,9,12,21H,2-4,7H2,1H3,(H,18,19)/t9-,12-/m1/s1. The number of fused-ring (bicyclic) bond motifs is 1. The molecule has 1 aliphatic heterocycles. The monoisotopic (exact) mass is 305 g/mol. The Balaban J connectivity index is 1.97. The number of aryl methyl sites for hydroxylation is 1. The minimum atomic E-state index is -0.644. The first kappa shape index (κ1) is 14.7. The molecule has 1 aliphatic rings. The summed E-state index contributed by atoms with van der Waals surface area (Å²) in [7, 11) is 0. The Morgan fingerprint density at radius 3 is 3.14 bits per heavy atom. The molecule has 22 heavy (non-hydrogen) atoms. The van der Waals surface area contributed by atoms with Crippen molar-refractivity contribution in [3.8, 4) is 6.07 Å². The molecule has 1 fully saturated rings. The minimum absolute atomic E-state index is 0.0000473. The highest BCUT2D eigenvalue weighted by Gasteiger charge is 2.25. The van der Waals surface area contributed by atoms with Crippen molar-refractivity contribution in [1.29, 1.82) is 5.26 Å². The number of hydrogen-bond acceptors (Lipinski definition) is 6. The van der Waals surface area contributed by atoms with Gasteiger partial charge in [0.2, 0.25) is 5.95 Å². The first-order valence-corrected chi connectivity index (χ1v) is 7.14. The van der Waals surface area contributed by atoms with Gasteiger partial charge >= 0.3 is 0 Å². The van der Waals surface area contributed by atoms with Crippen LogP contribution < -0.4 is 5.32 Å². The van der Waals surface area contributed by atoms with E-state index in [1.54, 1.807) is 0 Å². The van der Waals surface area contributed by atoms with Gasteiger partial charge in [0.1, 0.15) is 17.1 Å². The van der Waals surface area contributed by atoms with E-state index in [-0.39, 0.29) is 29.7 Å². The van der Waals surface area contributed by atoms with Crippen LogP contribution in [0, 0.1) is 17.1 Å². The molecule has 116 valence electrons. The average molecular weight is 305 g/mol. The Hall–Kier alpha value is -2.24. The molecule has 0 saturated carbocycles. The van der Waals surface area contributed by atoms with Crippen molar-refractivity contribution in [3.63, 3.8) is 0 Å². The first-order chi connectivity index (χ1) is 10.7. The molecule has 2 N–H and O–H groups in total. The highest BCUT2D eigenvalue weighted by Crippen LogP contribution is 2.22. The Kier molecular flexibility index (Phi) is 3.92. The number of anilines is 1. The van der Waals surface area contributed by atoms with Crippen molar-refractivity contribution in [2.45, 2.75) is 31.9 Å². The second kappa shape index (κ2) is 5.87. The molecular formula is C14H16FN5O2. The lowest BCUT2D eigenvalue weighted by molar-refractivity contribution is -0.0136. The number of aliphatic hydroxyl groups excluding tert-OH is 1. The molecule has 0 radical (unpaired) electrons. The van der Waals surface area contributed by atoms with E-state index < -0.39 is 11.9 Å². The van der Waals surface area contributed by atoms with Crippen LogP contribution in [0.25, 0.3) is 5.52 Å². The number of rotatable bonds is 3. The fourth-order valence-electron chi connectivity index (χ4n) is 2.63. The Bertz CT molecular complexity index is 739. The molecule has 1 saturated heterocycles. The van der Waals surface area contributed by atoms with Gasteiger partial charge < -0.3 is 15.2 Å². The quantitative estimate of drug-likeness (QED) is 0.873. The van der Waals surface area contributed by atoms with Crippen molar-refractivity contribution in [2.24, 2.45) is 0 Å². The van der Waals surface area contributed by atoms with Crippen LogP contribution in [-0.2, 0) is 11.2 Å². The van der Waals surface area contributed by atoms with Crippen LogP contribution >= 0.6 is 0 Å². The summed E-state index contributed by atoms with van der Waals surface area (Å²) in [6, 6.07) is 1.66. The maximum Gasteiger partial charge on any atom is 0.241 e. The van der Waals surface area contributed by atoms with Gasteiger partial charge in [0, 0.05) is 6.61 Å². The number of hydrogen-bond donors (Lipinski definition) is 2. The number of nitrogens with zero attached hydrogens (tertiary/aromatic N) is 4. The van der Waals surface area contributed by atoms with Crippen molar-refractivity contribution >= 4 is 11.5 Å². The summed E-state index contributed by atoms with van der Waals surface area (Å²) in [4.78, 5) is 4.07. The summed E-state index contributed by atoms with van der Waals surface area (Å²) in [5.74, 6) is -0.315. The zero-order valence-electron chi connectivity index (χ0n) is 12.1. The van der Waals surface area contributed by atoms with Gasteiger partial charge in [-0.15, -0.1) is 5.10 Å². The molecule has 0 amide bonds. The highest BCUT2D eigenvalue weighted by atomic mass is 19.1. The zero-order chi connectivity index (χ0) is 15.7. The molecule has 0 bridgehead atoms. The van der Waals surface area contributed by atoms with E-state index in [2.05, 4.69) is 15.4 Å². The second-order valence-electron chi connectivity index (χ2n) is 5.16. The second-order valence-corrected chi connectivity index (χ2v) is 5.16. The molecule has 0 unspecified atom stereocenters. The van der Waals surface area contributed by atoms with E-state index in [0.717, 1.165) is 0 Å². The minimum Gasteiger partial charge on any atom is -0.389 e. The normalized spacial score (nSPS) is 21.7. The maximum absolute atomic E-state index is 14.1. The summed E-state index contributed by atoms with van der Waals surface area (Å²) >= 11 is 0.